The summed E-state index contributed by atoms with van der Waals surface area (Å²) in [5.41, 5.74) is 0.793. The van der Waals surface area contributed by atoms with E-state index >= 15 is 0 Å². The van der Waals surface area contributed by atoms with Crippen molar-refractivity contribution < 1.29 is 24.1 Å². The Balaban J connectivity index is 1.55. The summed E-state index contributed by atoms with van der Waals surface area (Å²) in [4.78, 5) is 14.9. The molecule has 3 heterocycles. The van der Waals surface area contributed by atoms with Crippen LogP contribution >= 0.6 is 0 Å². The van der Waals surface area contributed by atoms with Crippen LogP contribution in [0.5, 0.6) is 0 Å². The molecule has 0 bridgehead atoms. The van der Waals surface area contributed by atoms with Crippen molar-refractivity contribution in [2.24, 2.45) is 11.8 Å². The lowest BCUT2D eigenvalue weighted by Crippen LogP contribution is -2.43. The van der Waals surface area contributed by atoms with Crippen molar-refractivity contribution in [3.63, 3.8) is 0 Å². The highest BCUT2D eigenvalue weighted by Gasteiger charge is 2.63. The van der Waals surface area contributed by atoms with Crippen LogP contribution in [0.1, 0.15) is 33.1 Å². The summed E-state index contributed by atoms with van der Waals surface area (Å²) >= 11 is 0. The van der Waals surface area contributed by atoms with Crippen LogP contribution in [0.15, 0.2) is 11.6 Å². The highest BCUT2D eigenvalue weighted by atomic mass is 16.6. The zero-order valence-electron chi connectivity index (χ0n) is 15.1. The third-order valence-electron chi connectivity index (χ3n) is 6.42. The van der Waals surface area contributed by atoms with Gasteiger partial charge >= 0.3 is 5.97 Å². The Hall–Kier alpha value is -0.950. The predicted octanol–water partition coefficient (Wildman–Crippen LogP) is 1.12. The van der Waals surface area contributed by atoms with Crippen molar-refractivity contribution in [1.82, 2.24) is 4.90 Å². The van der Waals surface area contributed by atoms with Gasteiger partial charge < -0.3 is 19.3 Å². The predicted molar refractivity (Wildman–Crippen MR) is 91.0 cm³/mol. The standard InChI is InChI=1S/C19H29NO5/c1-12-4-3-5-19(2)17(25-19)16-13(10-15(12)21)14(18(22)24-16)11-20-6-8-23-9-7-20/h4,13-17,21H,3,5-11H2,1-2H3/b12-4+/t13-,14-,15+,16-,17+,19+/m1/s1. The number of aliphatic hydroxyl groups is 1. The molecule has 25 heavy (non-hydrogen) atoms. The van der Waals surface area contributed by atoms with Crippen molar-refractivity contribution in [2.45, 2.75) is 57.0 Å². The lowest BCUT2D eigenvalue weighted by Gasteiger charge is -2.31. The molecule has 3 fully saturated rings. The summed E-state index contributed by atoms with van der Waals surface area (Å²) < 4.78 is 17.2. The molecule has 6 nitrogen and oxygen atoms in total. The van der Waals surface area contributed by atoms with E-state index in [2.05, 4.69) is 17.9 Å². The molecule has 0 saturated carbocycles. The van der Waals surface area contributed by atoms with Gasteiger partial charge in [-0.25, -0.2) is 0 Å². The third-order valence-corrected chi connectivity index (χ3v) is 6.42. The molecule has 0 spiro atoms. The number of allylic oxidation sites excluding steroid dienone is 1. The number of aliphatic hydroxyl groups excluding tert-OH is 1. The Morgan fingerprint density at radius 1 is 1.36 bits per heavy atom. The van der Waals surface area contributed by atoms with Gasteiger partial charge in [-0.15, -0.1) is 0 Å². The lowest BCUT2D eigenvalue weighted by atomic mass is 9.79. The molecule has 0 aromatic rings. The van der Waals surface area contributed by atoms with E-state index in [9.17, 15) is 9.90 Å². The van der Waals surface area contributed by atoms with Crippen LogP contribution < -0.4 is 0 Å². The minimum absolute atomic E-state index is 0.00128. The van der Waals surface area contributed by atoms with E-state index < -0.39 is 6.10 Å². The smallest absolute Gasteiger partial charge is 0.311 e. The number of fused-ring (bicyclic) bond motifs is 3. The Morgan fingerprint density at radius 2 is 2.12 bits per heavy atom. The van der Waals surface area contributed by atoms with Crippen molar-refractivity contribution in [3.05, 3.63) is 11.6 Å². The van der Waals surface area contributed by atoms with Gasteiger partial charge in [0.05, 0.1) is 30.8 Å². The van der Waals surface area contributed by atoms with E-state index in [0.29, 0.717) is 26.2 Å². The first-order chi connectivity index (χ1) is 12.0. The van der Waals surface area contributed by atoms with Gasteiger partial charge in [0.25, 0.3) is 0 Å². The van der Waals surface area contributed by atoms with E-state index in [-0.39, 0.29) is 35.6 Å². The van der Waals surface area contributed by atoms with Crippen LogP contribution in [0.2, 0.25) is 0 Å². The molecule has 0 unspecified atom stereocenters. The molecular formula is C19H29NO5. The highest BCUT2D eigenvalue weighted by molar-refractivity contribution is 5.76. The van der Waals surface area contributed by atoms with E-state index in [0.717, 1.165) is 31.5 Å². The van der Waals surface area contributed by atoms with Gasteiger partial charge in [0.15, 0.2) is 0 Å². The number of carbonyl (C=O) groups excluding carboxylic acids is 1. The fourth-order valence-electron chi connectivity index (χ4n) is 4.61. The molecule has 0 aromatic carbocycles. The maximum atomic E-state index is 12.6. The van der Waals surface area contributed by atoms with Crippen LogP contribution in [0.4, 0.5) is 0 Å². The monoisotopic (exact) mass is 351 g/mol. The second kappa shape index (κ2) is 6.65. The summed E-state index contributed by atoms with van der Waals surface area (Å²) in [5.74, 6) is -0.329. The Labute approximate surface area is 149 Å². The van der Waals surface area contributed by atoms with E-state index in [1.165, 1.54) is 0 Å². The highest BCUT2D eigenvalue weighted by Crippen LogP contribution is 2.50. The molecule has 4 rings (SSSR count). The summed E-state index contributed by atoms with van der Waals surface area (Å²) in [7, 11) is 0. The van der Waals surface area contributed by atoms with Gasteiger partial charge in [-0.05, 0) is 38.7 Å². The number of morpholine rings is 1. The fourth-order valence-corrected chi connectivity index (χ4v) is 4.61. The average Bonchev–Trinajstić information content (AvgIpc) is 3.17. The van der Waals surface area contributed by atoms with Crippen LogP contribution in [0.3, 0.4) is 0 Å². The Morgan fingerprint density at radius 3 is 2.88 bits per heavy atom. The van der Waals surface area contributed by atoms with Crippen molar-refractivity contribution in [1.29, 1.82) is 0 Å². The molecule has 140 valence electrons. The largest absolute Gasteiger partial charge is 0.459 e. The van der Waals surface area contributed by atoms with Gasteiger partial charge in [0.1, 0.15) is 12.2 Å². The normalized spacial score (nSPS) is 47.2. The molecule has 6 atom stereocenters. The number of epoxide rings is 1. The number of hydrogen-bond donors (Lipinski definition) is 1. The number of ether oxygens (including phenoxy) is 3. The van der Waals surface area contributed by atoms with Crippen molar-refractivity contribution in [2.75, 3.05) is 32.8 Å². The number of hydrogen-bond acceptors (Lipinski definition) is 6. The minimum Gasteiger partial charge on any atom is -0.459 e. The molecule has 0 radical (unpaired) electrons. The lowest BCUT2D eigenvalue weighted by molar-refractivity contribution is -0.145. The zero-order valence-corrected chi connectivity index (χ0v) is 15.1. The summed E-state index contributed by atoms with van der Waals surface area (Å²) in [5, 5.41) is 10.6. The Kier molecular flexibility index (Phi) is 4.65. The van der Waals surface area contributed by atoms with Crippen LogP contribution in [-0.2, 0) is 19.0 Å². The maximum absolute atomic E-state index is 12.6. The molecule has 0 amide bonds. The molecule has 1 N–H and O–H groups in total. The van der Waals surface area contributed by atoms with Gasteiger partial charge in [0.2, 0.25) is 0 Å². The first-order valence-corrected chi connectivity index (χ1v) is 9.51. The number of esters is 1. The SMILES string of the molecule is C/C1=C\CC[C@]2(C)O[C@H]2[C@@H]2OC(=O)[C@H](CN3CCOCC3)[C@H]2C[C@@H]1O. The summed E-state index contributed by atoms with van der Waals surface area (Å²) in [6.07, 6.45) is 3.68. The van der Waals surface area contributed by atoms with Crippen molar-refractivity contribution in [3.8, 4) is 0 Å². The van der Waals surface area contributed by atoms with Crippen LogP contribution in [0, 0.1) is 11.8 Å². The van der Waals surface area contributed by atoms with Gasteiger partial charge in [0, 0.05) is 25.6 Å². The molecule has 4 aliphatic rings. The van der Waals surface area contributed by atoms with E-state index in [4.69, 9.17) is 14.2 Å². The first-order valence-electron chi connectivity index (χ1n) is 9.51. The first kappa shape index (κ1) is 17.5. The van der Waals surface area contributed by atoms with Crippen LogP contribution in [-0.4, -0.2) is 72.7 Å². The number of rotatable bonds is 2. The summed E-state index contributed by atoms with van der Waals surface area (Å²) in [6, 6.07) is 0. The fraction of sp³-hybridized carbons (Fsp3) is 0.842. The zero-order chi connectivity index (χ0) is 17.6. The van der Waals surface area contributed by atoms with Gasteiger partial charge in [-0.1, -0.05) is 6.08 Å². The maximum Gasteiger partial charge on any atom is 0.311 e. The summed E-state index contributed by atoms with van der Waals surface area (Å²) in [6.45, 7) is 7.89. The topological polar surface area (TPSA) is 71.5 Å². The molecule has 1 aliphatic carbocycles. The number of nitrogens with zero attached hydrogens (tertiary/aromatic N) is 1. The second-order valence-electron chi connectivity index (χ2n) is 8.17. The second-order valence-corrected chi connectivity index (χ2v) is 8.17. The number of carbonyl (C=O) groups is 1. The third kappa shape index (κ3) is 3.37. The Bertz CT molecular complexity index is 558. The minimum atomic E-state index is -0.516. The molecule has 6 heteroatoms. The van der Waals surface area contributed by atoms with Crippen LogP contribution in [0.25, 0.3) is 0 Å². The molecule has 0 aromatic heterocycles. The average molecular weight is 351 g/mol. The molecule has 3 saturated heterocycles. The molecule has 3 aliphatic heterocycles. The van der Waals surface area contributed by atoms with Crippen molar-refractivity contribution >= 4 is 5.97 Å². The van der Waals surface area contributed by atoms with E-state index in [1.807, 2.05) is 6.92 Å². The van der Waals surface area contributed by atoms with E-state index in [1.54, 1.807) is 0 Å². The molecular weight excluding hydrogens is 322 g/mol. The quantitative estimate of drug-likeness (QED) is 0.457. The van der Waals surface area contributed by atoms with Gasteiger partial charge in [-0.3, -0.25) is 9.69 Å². The van der Waals surface area contributed by atoms with Gasteiger partial charge in [-0.2, -0.15) is 0 Å².